The van der Waals surface area contributed by atoms with Crippen molar-refractivity contribution >= 4 is 11.9 Å². The van der Waals surface area contributed by atoms with Crippen molar-refractivity contribution in [2.45, 2.75) is 93.4 Å². The van der Waals surface area contributed by atoms with Crippen molar-refractivity contribution in [1.82, 2.24) is 0 Å². The van der Waals surface area contributed by atoms with Crippen molar-refractivity contribution in [2.75, 3.05) is 13.2 Å². The lowest BCUT2D eigenvalue weighted by atomic mass is 9.65. The standard InChI is InChI=1S/C22H40O4/c1-8-22(17-12-10-9-11-13-17,19(24)26-16-21(5,6)7)14-18(23)25-15-20(2,3)4/h17H,8-16H2,1-7H3. The van der Waals surface area contributed by atoms with E-state index in [1.165, 1.54) is 6.42 Å². The Bertz CT molecular complexity index is 464. The molecule has 0 N–H and O–H groups in total. The van der Waals surface area contributed by atoms with E-state index in [-0.39, 0.29) is 35.1 Å². The summed E-state index contributed by atoms with van der Waals surface area (Å²) in [5.41, 5.74) is -0.919. The van der Waals surface area contributed by atoms with Gasteiger partial charge in [-0.2, -0.15) is 0 Å². The molecule has 1 rings (SSSR count). The highest BCUT2D eigenvalue weighted by atomic mass is 16.5. The summed E-state index contributed by atoms with van der Waals surface area (Å²) in [6, 6.07) is 0. The maximum Gasteiger partial charge on any atom is 0.312 e. The Kier molecular flexibility index (Phi) is 8.16. The molecule has 0 bridgehead atoms. The SMILES string of the molecule is CCC(CC(=O)OCC(C)(C)C)(C(=O)OCC(C)(C)C)C1CCCCC1. The molecular formula is C22H40O4. The molecule has 4 nitrogen and oxygen atoms in total. The lowest BCUT2D eigenvalue weighted by Crippen LogP contribution is -2.43. The number of ether oxygens (including phenoxy) is 2. The van der Waals surface area contributed by atoms with Gasteiger partial charge >= 0.3 is 11.9 Å². The second kappa shape index (κ2) is 9.23. The average molecular weight is 369 g/mol. The smallest absolute Gasteiger partial charge is 0.312 e. The van der Waals surface area contributed by atoms with E-state index in [1.54, 1.807) is 0 Å². The summed E-state index contributed by atoms with van der Waals surface area (Å²) in [4.78, 5) is 25.7. The summed E-state index contributed by atoms with van der Waals surface area (Å²) in [6.45, 7) is 15.0. The van der Waals surface area contributed by atoms with Gasteiger partial charge in [-0.1, -0.05) is 67.7 Å². The normalized spacial score (nSPS) is 18.9. The van der Waals surface area contributed by atoms with Crippen LogP contribution in [-0.4, -0.2) is 25.2 Å². The largest absolute Gasteiger partial charge is 0.465 e. The number of hydrogen-bond donors (Lipinski definition) is 0. The van der Waals surface area contributed by atoms with E-state index in [1.807, 2.05) is 48.5 Å². The molecule has 26 heavy (non-hydrogen) atoms. The topological polar surface area (TPSA) is 52.6 Å². The maximum absolute atomic E-state index is 13.1. The van der Waals surface area contributed by atoms with Crippen LogP contribution in [0, 0.1) is 22.2 Å². The van der Waals surface area contributed by atoms with Gasteiger partial charge in [0.2, 0.25) is 0 Å². The Morgan fingerprint density at radius 2 is 1.35 bits per heavy atom. The number of carbonyl (C=O) groups is 2. The first-order valence-electron chi connectivity index (χ1n) is 10.2. The first-order chi connectivity index (χ1) is 11.9. The Labute approximate surface area is 160 Å². The van der Waals surface area contributed by atoms with Crippen LogP contribution in [0.2, 0.25) is 0 Å². The summed E-state index contributed by atoms with van der Waals surface area (Å²) in [6.07, 6.45) is 6.18. The minimum atomic E-state index is -0.749. The first kappa shape index (κ1) is 23.0. The summed E-state index contributed by atoms with van der Waals surface area (Å²) in [7, 11) is 0. The van der Waals surface area contributed by atoms with Gasteiger partial charge in [-0.15, -0.1) is 0 Å². The Morgan fingerprint density at radius 3 is 1.81 bits per heavy atom. The lowest BCUT2D eigenvalue weighted by molar-refractivity contribution is -0.171. The summed E-state index contributed by atoms with van der Waals surface area (Å²) < 4.78 is 11.2. The van der Waals surface area contributed by atoms with Gasteiger partial charge in [0.15, 0.2) is 0 Å². The van der Waals surface area contributed by atoms with Crippen molar-refractivity contribution in [1.29, 1.82) is 0 Å². The van der Waals surface area contributed by atoms with Crippen molar-refractivity contribution in [2.24, 2.45) is 22.2 Å². The molecule has 0 aromatic rings. The van der Waals surface area contributed by atoms with Gasteiger partial charge in [0, 0.05) is 0 Å². The van der Waals surface area contributed by atoms with Crippen LogP contribution in [-0.2, 0) is 19.1 Å². The summed E-state index contributed by atoms with van der Waals surface area (Å²) in [5, 5.41) is 0. The Balaban J connectivity index is 2.95. The second-order valence-corrected chi connectivity index (χ2v) is 10.4. The van der Waals surface area contributed by atoms with E-state index < -0.39 is 5.41 Å². The zero-order valence-electron chi connectivity index (χ0n) is 18.1. The highest BCUT2D eigenvalue weighted by molar-refractivity contribution is 5.84. The molecule has 1 aliphatic carbocycles. The fourth-order valence-corrected chi connectivity index (χ4v) is 3.63. The first-order valence-corrected chi connectivity index (χ1v) is 10.2. The summed E-state index contributed by atoms with van der Waals surface area (Å²) in [5.74, 6) is -0.287. The predicted molar refractivity (Wildman–Crippen MR) is 105 cm³/mol. The molecule has 0 aliphatic heterocycles. The fourth-order valence-electron chi connectivity index (χ4n) is 3.63. The number of carbonyl (C=O) groups excluding carboxylic acids is 2. The molecular weight excluding hydrogens is 328 g/mol. The monoisotopic (exact) mass is 368 g/mol. The van der Waals surface area contributed by atoms with Crippen LogP contribution in [0.25, 0.3) is 0 Å². The van der Waals surface area contributed by atoms with Crippen LogP contribution in [0.5, 0.6) is 0 Å². The van der Waals surface area contributed by atoms with E-state index >= 15 is 0 Å². The third kappa shape index (κ3) is 7.28. The molecule has 152 valence electrons. The maximum atomic E-state index is 13.1. The van der Waals surface area contributed by atoms with Crippen molar-refractivity contribution in [3.05, 3.63) is 0 Å². The van der Waals surface area contributed by atoms with Gasteiger partial charge in [-0.05, 0) is 36.0 Å². The molecule has 0 aromatic heterocycles. The molecule has 1 fully saturated rings. The highest BCUT2D eigenvalue weighted by Crippen LogP contribution is 2.45. The molecule has 1 saturated carbocycles. The molecule has 1 atom stereocenters. The zero-order valence-corrected chi connectivity index (χ0v) is 18.1. The van der Waals surface area contributed by atoms with E-state index in [0.29, 0.717) is 19.6 Å². The Hall–Kier alpha value is -1.06. The second-order valence-electron chi connectivity index (χ2n) is 10.4. The van der Waals surface area contributed by atoms with E-state index in [4.69, 9.17) is 9.47 Å². The van der Waals surface area contributed by atoms with Gasteiger partial charge in [0.1, 0.15) is 0 Å². The third-order valence-corrected chi connectivity index (χ3v) is 5.19. The third-order valence-electron chi connectivity index (χ3n) is 5.19. The van der Waals surface area contributed by atoms with Crippen LogP contribution in [0.3, 0.4) is 0 Å². The van der Waals surface area contributed by atoms with Gasteiger partial charge < -0.3 is 9.47 Å². The number of hydrogen-bond acceptors (Lipinski definition) is 4. The Morgan fingerprint density at radius 1 is 0.846 bits per heavy atom. The average Bonchev–Trinajstić information content (AvgIpc) is 2.55. The van der Waals surface area contributed by atoms with Crippen molar-refractivity contribution < 1.29 is 19.1 Å². The minimum Gasteiger partial charge on any atom is -0.465 e. The van der Waals surface area contributed by atoms with E-state index in [2.05, 4.69) is 0 Å². The fraction of sp³-hybridized carbons (Fsp3) is 0.909. The minimum absolute atomic E-state index is 0.0812. The van der Waals surface area contributed by atoms with Crippen LogP contribution in [0.1, 0.15) is 93.4 Å². The molecule has 0 saturated heterocycles. The molecule has 0 heterocycles. The molecule has 4 heteroatoms. The number of rotatable bonds is 7. The molecule has 1 aliphatic rings. The van der Waals surface area contributed by atoms with Crippen LogP contribution in [0.4, 0.5) is 0 Å². The highest BCUT2D eigenvalue weighted by Gasteiger charge is 2.48. The van der Waals surface area contributed by atoms with Gasteiger partial charge in [0.05, 0.1) is 25.0 Å². The summed E-state index contributed by atoms with van der Waals surface area (Å²) >= 11 is 0. The predicted octanol–water partition coefficient (Wildman–Crippen LogP) is 5.53. The van der Waals surface area contributed by atoms with Crippen molar-refractivity contribution in [3.63, 3.8) is 0 Å². The molecule has 0 aromatic carbocycles. The van der Waals surface area contributed by atoms with Gasteiger partial charge in [-0.25, -0.2) is 0 Å². The number of esters is 2. The lowest BCUT2D eigenvalue weighted by Gasteiger charge is -2.40. The van der Waals surface area contributed by atoms with E-state index in [9.17, 15) is 9.59 Å². The van der Waals surface area contributed by atoms with Gasteiger partial charge in [0.25, 0.3) is 0 Å². The molecule has 0 amide bonds. The molecule has 0 spiro atoms. The van der Waals surface area contributed by atoms with Crippen LogP contribution < -0.4 is 0 Å². The quantitative estimate of drug-likeness (QED) is 0.554. The molecule has 1 unspecified atom stereocenters. The molecule has 0 radical (unpaired) electrons. The van der Waals surface area contributed by atoms with Crippen LogP contribution in [0.15, 0.2) is 0 Å². The van der Waals surface area contributed by atoms with E-state index in [0.717, 1.165) is 25.7 Å². The zero-order chi connectivity index (χ0) is 20.0. The van der Waals surface area contributed by atoms with Gasteiger partial charge in [-0.3, -0.25) is 9.59 Å². The van der Waals surface area contributed by atoms with Crippen LogP contribution >= 0.6 is 0 Å². The van der Waals surface area contributed by atoms with Crippen molar-refractivity contribution in [3.8, 4) is 0 Å².